The number of nitrogens with one attached hydrogen (secondary N) is 2. The molecule has 9 nitrogen and oxygen atoms in total. The van der Waals surface area contributed by atoms with Crippen molar-refractivity contribution >= 4 is 23.5 Å². The molecule has 192 valence electrons. The van der Waals surface area contributed by atoms with Crippen molar-refractivity contribution in [1.82, 2.24) is 10.2 Å². The lowest BCUT2D eigenvalue weighted by atomic mass is 9.83. The normalized spacial score (nSPS) is 12.8. The average molecular weight is 496 g/mol. The van der Waals surface area contributed by atoms with Gasteiger partial charge in [0.15, 0.2) is 5.78 Å². The van der Waals surface area contributed by atoms with Gasteiger partial charge in [-0.1, -0.05) is 20.8 Å². The monoisotopic (exact) mass is 495 g/mol. The van der Waals surface area contributed by atoms with Crippen molar-refractivity contribution in [3.05, 3.63) is 57.6 Å². The predicted molar refractivity (Wildman–Crippen MR) is 136 cm³/mol. The van der Waals surface area contributed by atoms with Crippen LogP contribution in [0.1, 0.15) is 82.4 Å². The Balaban J connectivity index is 1.96. The van der Waals surface area contributed by atoms with Gasteiger partial charge in [0.2, 0.25) is 0 Å². The van der Waals surface area contributed by atoms with Crippen molar-refractivity contribution in [3.63, 3.8) is 0 Å². The Hall–Kier alpha value is -3.88. The molecule has 0 saturated carbocycles. The van der Waals surface area contributed by atoms with E-state index in [0.29, 0.717) is 42.2 Å². The van der Waals surface area contributed by atoms with E-state index in [1.807, 2.05) is 27.7 Å². The maximum Gasteiger partial charge on any atom is 0.339 e. The molecule has 0 bridgehead atoms. The number of amidine groups is 1. The number of carboxylic acids is 1. The minimum Gasteiger partial charge on any atom is -0.493 e. The Morgan fingerprint density at radius 1 is 1.06 bits per heavy atom. The molecule has 0 aromatic heterocycles. The van der Waals surface area contributed by atoms with Crippen LogP contribution < -0.4 is 14.8 Å². The molecule has 0 atom stereocenters. The van der Waals surface area contributed by atoms with Crippen LogP contribution in [0.2, 0.25) is 0 Å². The molecule has 0 fully saturated rings. The molecule has 1 amide bonds. The number of hydrogen-bond acceptors (Lipinski definition) is 6. The molecule has 0 saturated heterocycles. The van der Waals surface area contributed by atoms with Crippen LogP contribution in [0.25, 0.3) is 0 Å². The van der Waals surface area contributed by atoms with Gasteiger partial charge in [0.1, 0.15) is 22.9 Å². The van der Waals surface area contributed by atoms with Crippen molar-refractivity contribution in [1.29, 1.82) is 5.41 Å². The van der Waals surface area contributed by atoms with Gasteiger partial charge in [0.05, 0.1) is 25.3 Å². The number of aromatic carboxylic acids is 1. The molecule has 0 unspecified atom stereocenters. The third-order valence-corrected chi connectivity index (χ3v) is 5.98. The Labute approximate surface area is 210 Å². The SMILES string of the molecule is CCOc1cc2c(cc1C(=O)NC)C(=N)N(CC(=O)c1cc(C(=O)O)c(OCC)c(C(C)(C)C)c1)C2. The van der Waals surface area contributed by atoms with Crippen LogP contribution in [0.15, 0.2) is 24.3 Å². The maximum atomic E-state index is 13.4. The fourth-order valence-corrected chi connectivity index (χ4v) is 4.22. The zero-order valence-corrected chi connectivity index (χ0v) is 21.6. The van der Waals surface area contributed by atoms with Crippen molar-refractivity contribution in [2.24, 2.45) is 0 Å². The molecule has 9 heteroatoms. The number of carboxylic acid groups (broad SMARTS) is 1. The number of carbonyl (C=O) groups excluding carboxylic acids is 2. The highest BCUT2D eigenvalue weighted by atomic mass is 16.5. The van der Waals surface area contributed by atoms with Crippen molar-refractivity contribution in [2.75, 3.05) is 26.8 Å². The Bertz CT molecular complexity index is 1230. The van der Waals surface area contributed by atoms with E-state index in [0.717, 1.165) is 5.56 Å². The van der Waals surface area contributed by atoms with Gasteiger partial charge in [-0.15, -0.1) is 0 Å². The molecular weight excluding hydrogens is 462 g/mol. The van der Waals surface area contributed by atoms with Gasteiger partial charge in [-0.2, -0.15) is 0 Å². The van der Waals surface area contributed by atoms with E-state index in [1.165, 1.54) is 13.1 Å². The topological polar surface area (TPSA) is 129 Å². The van der Waals surface area contributed by atoms with Crippen LogP contribution >= 0.6 is 0 Å². The van der Waals surface area contributed by atoms with Gasteiger partial charge in [0, 0.05) is 30.3 Å². The molecule has 3 rings (SSSR count). The van der Waals surface area contributed by atoms with E-state index in [-0.39, 0.29) is 40.9 Å². The summed E-state index contributed by atoms with van der Waals surface area (Å²) < 4.78 is 11.3. The predicted octanol–water partition coefficient (Wildman–Crippen LogP) is 3.86. The molecule has 2 aromatic rings. The number of carbonyl (C=O) groups is 3. The van der Waals surface area contributed by atoms with Gasteiger partial charge in [-0.3, -0.25) is 15.0 Å². The molecular formula is C27H33N3O6. The van der Waals surface area contributed by atoms with E-state index in [1.54, 1.807) is 30.0 Å². The zero-order chi connectivity index (χ0) is 26.8. The molecule has 1 aliphatic heterocycles. The minimum atomic E-state index is -1.18. The number of benzene rings is 2. The highest BCUT2D eigenvalue weighted by Gasteiger charge is 2.31. The number of hydrogen-bond donors (Lipinski definition) is 3. The number of amides is 1. The summed E-state index contributed by atoms with van der Waals surface area (Å²) in [5.74, 6) is -1.02. The summed E-state index contributed by atoms with van der Waals surface area (Å²) in [6.07, 6.45) is 0. The van der Waals surface area contributed by atoms with Gasteiger partial charge >= 0.3 is 5.97 Å². The molecule has 2 aromatic carbocycles. The second-order valence-corrected chi connectivity index (χ2v) is 9.53. The first-order valence-electron chi connectivity index (χ1n) is 11.9. The van der Waals surface area contributed by atoms with Gasteiger partial charge in [-0.05, 0) is 49.1 Å². The third-order valence-electron chi connectivity index (χ3n) is 5.98. The fourth-order valence-electron chi connectivity index (χ4n) is 4.22. The largest absolute Gasteiger partial charge is 0.493 e. The van der Waals surface area contributed by atoms with Crippen LogP contribution in [0.4, 0.5) is 0 Å². The lowest BCUT2D eigenvalue weighted by Crippen LogP contribution is -2.30. The van der Waals surface area contributed by atoms with E-state index in [2.05, 4.69) is 5.32 Å². The number of nitrogens with zero attached hydrogens (tertiary/aromatic N) is 1. The second kappa shape index (κ2) is 10.4. The Kier molecular flexibility index (Phi) is 7.71. The summed E-state index contributed by atoms with van der Waals surface area (Å²) in [5, 5.41) is 21.0. The molecule has 0 aliphatic carbocycles. The number of ketones is 1. The third kappa shape index (κ3) is 5.19. The van der Waals surface area contributed by atoms with Crippen molar-refractivity contribution in [2.45, 2.75) is 46.6 Å². The Morgan fingerprint density at radius 3 is 2.28 bits per heavy atom. The van der Waals surface area contributed by atoms with Crippen LogP contribution in [-0.4, -0.2) is 60.3 Å². The van der Waals surface area contributed by atoms with Crippen LogP contribution in [0.5, 0.6) is 11.5 Å². The number of fused-ring (bicyclic) bond motifs is 1. The summed E-state index contributed by atoms with van der Waals surface area (Å²) in [6, 6.07) is 6.38. The minimum absolute atomic E-state index is 0.0658. The summed E-state index contributed by atoms with van der Waals surface area (Å²) in [5.41, 5.74) is 1.99. The highest BCUT2D eigenvalue weighted by molar-refractivity contribution is 6.08. The fraction of sp³-hybridized carbons (Fsp3) is 0.407. The lowest BCUT2D eigenvalue weighted by molar-refractivity contribution is 0.0691. The van der Waals surface area contributed by atoms with Crippen LogP contribution in [0, 0.1) is 5.41 Å². The van der Waals surface area contributed by atoms with E-state index in [4.69, 9.17) is 14.9 Å². The first-order chi connectivity index (χ1) is 16.9. The summed E-state index contributed by atoms with van der Waals surface area (Å²) >= 11 is 0. The smallest absolute Gasteiger partial charge is 0.339 e. The van der Waals surface area contributed by atoms with E-state index >= 15 is 0 Å². The molecule has 1 aliphatic rings. The number of ether oxygens (including phenoxy) is 2. The number of Topliss-reactive ketones (excluding diaryl/α,β-unsaturated/α-hetero) is 1. The lowest BCUT2D eigenvalue weighted by Gasteiger charge is -2.25. The van der Waals surface area contributed by atoms with E-state index < -0.39 is 11.4 Å². The molecule has 36 heavy (non-hydrogen) atoms. The van der Waals surface area contributed by atoms with Crippen molar-refractivity contribution < 1.29 is 29.0 Å². The van der Waals surface area contributed by atoms with E-state index in [9.17, 15) is 19.5 Å². The van der Waals surface area contributed by atoms with Crippen LogP contribution in [-0.2, 0) is 12.0 Å². The summed E-state index contributed by atoms with van der Waals surface area (Å²) in [4.78, 5) is 39.3. The molecule has 0 radical (unpaired) electrons. The van der Waals surface area contributed by atoms with Gasteiger partial charge in [0.25, 0.3) is 5.91 Å². The first kappa shape index (κ1) is 26.7. The Morgan fingerprint density at radius 2 is 1.72 bits per heavy atom. The number of rotatable bonds is 9. The van der Waals surface area contributed by atoms with Gasteiger partial charge in [-0.25, -0.2) is 4.79 Å². The van der Waals surface area contributed by atoms with Crippen molar-refractivity contribution in [3.8, 4) is 11.5 Å². The molecule has 1 heterocycles. The average Bonchev–Trinajstić information content (AvgIpc) is 3.11. The maximum absolute atomic E-state index is 13.4. The highest BCUT2D eigenvalue weighted by Crippen LogP contribution is 2.36. The first-order valence-corrected chi connectivity index (χ1v) is 11.9. The molecule has 0 spiro atoms. The van der Waals surface area contributed by atoms with Gasteiger partial charge < -0.3 is 24.8 Å². The molecule has 3 N–H and O–H groups in total. The standard InChI is InChI=1S/C27H33N3O6/c1-7-35-22-11-16-13-30(24(28)17(16)12-18(22)25(32)29-6)14-21(31)15-9-19(26(33)34)23(36-8-2)20(10-15)27(3,4)5/h9-12,28H,7-8,13-14H2,1-6H3,(H,29,32)(H,33,34). The summed E-state index contributed by atoms with van der Waals surface area (Å²) in [6.45, 7) is 10.2. The quantitative estimate of drug-likeness (QED) is 0.451. The summed E-state index contributed by atoms with van der Waals surface area (Å²) in [7, 11) is 1.52. The second-order valence-electron chi connectivity index (χ2n) is 9.53. The zero-order valence-electron chi connectivity index (χ0n) is 21.6. The van der Waals surface area contributed by atoms with Crippen LogP contribution in [0.3, 0.4) is 0 Å².